The summed E-state index contributed by atoms with van der Waals surface area (Å²) in [7, 11) is -3.42. The first-order chi connectivity index (χ1) is 10.5. The van der Waals surface area contributed by atoms with Crippen molar-refractivity contribution in [2.45, 2.75) is 13.5 Å². The third kappa shape index (κ3) is 3.72. The first-order valence-corrected chi connectivity index (χ1v) is 8.19. The number of oxazole rings is 1. The highest BCUT2D eigenvalue weighted by Gasteiger charge is 2.21. The molecule has 0 aliphatic heterocycles. The fraction of sp³-hybridized carbons (Fsp3) is 0.267. The average Bonchev–Trinajstić information content (AvgIpc) is 2.96. The van der Waals surface area contributed by atoms with E-state index in [4.69, 9.17) is 10.8 Å². The van der Waals surface area contributed by atoms with Crippen LogP contribution in [0.1, 0.15) is 12.6 Å². The predicted octanol–water partition coefficient (Wildman–Crippen LogP) is 2.27. The van der Waals surface area contributed by atoms with Crippen LogP contribution in [-0.4, -0.2) is 30.0 Å². The second-order valence-corrected chi connectivity index (χ2v) is 6.78. The second-order valence-electron chi connectivity index (χ2n) is 4.52. The standard InChI is InChI=1S/C15H15FN2O3S/c1-3-9-18(22(19,20)4-2)10-14-11-21-15(17-14)12-5-7-13(16)8-6-12/h1,5-8,11H,4,9-10H2,2H3. The van der Waals surface area contributed by atoms with Gasteiger partial charge in [0.05, 0.1) is 24.5 Å². The number of rotatable bonds is 6. The van der Waals surface area contributed by atoms with Crippen LogP contribution in [0.5, 0.6) is 0 Å². The molecule has 0 bridgehead atoms. The molecule has 7 heteroatoms. The Hall–Kier alpha value is -2.17. The van der Waals surface area contributed by atoms with Gasteiger partial charge in [-0.2, -0.15) is 4.31 Å². The minimum absolute atomic E-state index is 0.0328. The van der Waals surface area contributed by atoms with Crippen molar-refractivity contribution < 1.29 is 17.2 Å². The molecule has 2 rings (SSSR count). The van der Waals surface area contributed by atoms with E-state index in [-0.39, 0.29) is 24.7 Å². The zero-order chi connectivity index (χ0) is 16.2. The van der Waals surface area contributed by atoms with Crippen molar-refractivity contribution in [2.75, 3.05) is 12.3 Å². The first kappa shape index (κ1) is 16.2. The van der Waals surface area contributed by atoms with E-state index in [1.54, 1.807) is 6.92 Å². The van der Waals surface area contributed by atoms with Gasteiger partial charge in [0, 0.05) is 5.56 Å². The minimum Gasteiger partial charge on any atom is -0.444 e. The fourth-order valence-corrected chi connectivity index (χ4v) is 2.79. The van der Waals surface area contributed by atoms with Gasteiger partial charge in [0.2, 0.25) is 15.9 Å². The lowest BCUT2D eigenvalue weighted by Crippen LogP contribution is -2.32. The van der Waals surface area contributed by atoms with E-state index in [1.165, 1.54) is 34.8 Å². The van der Waals surface area contributed by atoms with Crippen molar-refractivity contribution >= 4 is 10.0 Å². The van der Waals surface area contributed by atoms with Gasteiger partial charge in [-0.05, 0) is 31.2 Å². The Kier molecular flexibility index (Phi) is 4.96. The van der Waals surface area contributed by atoms with Crippen molar-refractivity contribution in [3.8, 4) is 23.8 Å². The Bertz CT molecular complexity index is 776. The molecular weight excluding hydrogens is 307 g/mol. The lowest BCUT2D eigenvalue weighted by molar-refractivity contribution is 0.438. The topological polar surface area (TPSA) is 63.4 Å². The Morgan fingerprint density at radius 3 is 2.64 bits per heavy atom. The number of nitrogens with zero attached hydrogens (tertiary/aromatic N) is 2. The summed E-state index contributed by atoms with van der Waals surface area (Å²) in [5.74, 6) is 2.21. The van der Waals surface area contributed by atoms with Crippen LogP contribution in [0.4, 0.5) is 4.39 Å². The van der Waals surface area contributed by atoms with Crippen molar-refractivity contribution in [2.24, 2.45) is 0 Å². The van der Waals surface area contributed by atoms with Gasteiger partial charge in [-0.15, -0.1) is 6.42 Å². The lowest BCUT2D eigenvalue weighted by atomic mass is 10.2. The Balaban J connectivity index is 2.20. The molecule has 5 nitrogen and oxygen atoms in total. The van der Waals surface area contributed by atoms with Crippen molar-refractivity contribution in [1.82, 2.24) is 9.29 Å². The molecule has 0 saturated carbocycles. The van der Waals surface area contributed by atoms with Gasteiger partial charge in [0.15, 0.2) is 0 Å². The lowest BCUT2D eigenvalue weighted by Gasteiger charge is -2.17. The van der Waals surface area contributed by atoms with Crippen molar-refractivity contribution in [3.05, 3.63) is 42.0 Å². The molecule has 1 aromatic carbocycles. The number of terminal acetylenes is 1. The Morgan fingerprint density at radius 2 is 2.05 bits per heavy atom. The van der Waals surface area contributed by atoms with Gasteiger partial charge >= 0.3 is 0 Å². The monoisotopic (exact) mass is 322 g/mol. The summed E-state index contributed by atoms with van der Waals surface area (Å²) in [6.07, 6.45) is 6.58. The highest BCUT2D eigenvalue weighted by Crippen LogP contribution is 2.20. The van der Waals surface area contributed by atoms with Gasteiger partial charge in [0.25, 0.3) is 0 Å². The number of halogens is 1. The van der Waals surface area contributed by atoms with Crippen LogP contribution in [0, 0.1) is 18.2 Å². The zero-order valence-corrected chi connectivity index (χ0v) is 12.8. The molecule has 1 heterocycles. The maximum Gasteiger partial charge on any atom is 0.226 e. The Labute approximate surface area is 128 Å². The van der Waals surface area contributed by atoms with Crippen LogP contribution in [0.25, 0.3) is 11.5 Å². The van der Waals surface area contributed by atoms with Gasteiger partial charge in [-0.25, -0.2) is 17.8 Å². The number of hydrogen-bond donors (Lipinski definition) is 0. The second kappa shape index (κ2) is 6.73. The number of hydrogen-bond acceptors (Lipinski definition) is 4. The largest absolute Gasteiger partial charge is 0.444 e. The highest BCUT2D eigenvalue weighted by molar-refractivity contribution is 7.89. The van der Waals surface area contributed by atoms with Crippen LogP contribution in [0.2, 0.25) is 0 Å². The van der Waals surface area contributed by atoms with Gasteiger partial charge in [0.1, 0.15) is 12.1 Å². The van der Waals surface area contributed by atoms with Gasteiger partial charge in [-0.3, -0.25) is 0 Å². The smallest absolute Gasteiger partial charge is 0.226 e. The summed E-state index contributed by atoms with van der Waals surface area (Å²) in [6, 6.07) is 5.66. The van der Waals surface area contributed by atoms with Crippen LogP contribution < -0.4 is 0 Å². The molecule has 0 aliphatic rings. The summed E-state index contributed by atoms with van der Waals surface area (Å²) < 4.78 is 43.2. The quantitative estimate of drug-likeness (QED) is 0.765. The summed E-state index contributed by atoms with van der Waals surface area (Å²) in [5, 5.41) is 0. The van der Waals surface area contributed by atoms with Crippen LogP contribution in [-0.2, 0) is 16.6 Å². The molecule has 0 aliphatic carbocycles. The van der Waals surface area contributed by atoms with Crippen LogP contribution in [0.3, 0.4) is 0 Å². The van der Waals surface area contributed by atoms with E-state index in [1.807, 2.05) is 0 Å². The molecule has 0 spiro atoms. The summed E-state index contributed by atoms with van der Waals surface area (Å²) >= 11 is 0. The van der Waals surface area contributed by atoms with E-state index in [2.05, 4.69) is 10.9 Å². The van der Waals surface area contributed by atoms with E-state index in [9.17, 15) is 12.8 Å². The van der Waals surface area contributed by atoms with Crippen molar-refractivity contribution in [3.63, 3.8) is 0 Å². The van der Waals surface area contributed by atoms with E-state index in [0.717, 1.165) is 0 Å². The summed E-state index contributed by atoms with van der Waals surface area (Å²) in [5.41, 5.74) is 1.04. The molecule has 0 saturated heterocycles. The first-order valence-electron chi connectivity index (χ1n) is 6.58. The molecule has 2 aromatic rings. The summed E-state index contributed by atoms with van der Waals surface area (Å²) in [6.45, 7) is 1.55. The van der Waals surface area contributed by atoms with Crippen molar-refractivity contribution in [1.29, 1.82) is 0 Å². The van der Waals surface area contributed by atoms with Crippen LogP contribution >= 0.6 is 0 Å². The molecule has 22 heavy (non-hydrogen) atoms. The molecule has 1 aromatic heterocycles. The molecule has 0 unspecified atom stereocenters. The highest BCUT2D eigenvalue weighted by atomic mass is 32.2. The van der Waals surface area contributed by atoms with Gasteiger partial charge in [-0.1, -0.05) is 5.92 Å². The van der Waals surface area contributed by atoms with E-state index in [0.29, 0.717) is 17.1 Å². The SMILES string of the molecule is C#CCN(Cc1coc(-c2ccc(F)cc2)n1)S(=O)(=O)CC. The maximum absolute atomic E-state index is 12.9. The molecule has 0 radical (unpaired) electrons. The number of benzene rings is 1. The number of sulfonamides is 1. The summed E-state index contributed by atoms with van der Waals surface area (Å²) in [4.78, 5) is 4.22. The fourth-order valence-electron chi connectivity index (χ4n) is 1.82. The zero-order valence-electron chi connectivity index (χ0n) is 12.0. The Morgan fingerprint density at radius 1 is 1.36 bits per heavy atom. The normalized spacial score (nSPS) is 11.5. The molecule has 0 atom stereocenters. The van der Waals surface area contributed by atoms with Gasteiger partial charge < -0.3 is 4.42 Å². The van der Waals surface area contributed by atoms with E-state index < -0.39 is 10.0 Å². The van der Waals surface area contributed by atoms with Crippen LogP contribution in [0.15, 0.2) is 34.9 Å². The molecular formula is C15H15FN2O3S. The predicted molar refractivity (Wildman–Crippen MR) is 80.6 cm³/mol. The molecule has 0 N–H and O–H groups in total. The third-order valence-corrected chi connectivity index (χ3v) is 4.78. The maximum atomic E-state index is 12.9. The number of aromatic nitrogens is 1. The minimum atomic E-state index is -3.42. The van der Waals surface area contributed by atoms with E-state index >= 15 is 0 Å². The average molecular weight is 322 g/mol. The molecule has 0 amide bonds. The molecule has 0 fully saturated rings. The molecule has 116 valence electrons. The third-order valence-electron chi connectivity index (χ3n) is 3.01.